The van der Waals surface area contributed by atoms with Crippen molar-refractivity contribution in [2.75, 3.05) is 17.7 Å². The number of aliphatic imine (C=N–C) groups is 1. The Bertz CT molecular complexity index is 753. The van der Waals surface area contributed by atoms with Crippen LogP contribution in [-0.4, -0.2) is 41.0 Å². The molecule has 1 atom stereocenters. The number of hydrogen-bond donors (Lipinski definition) is 1. The molecule has 1 N–H and O–H groups in total. The Morgan fingerprint density at radius 1 is 1.12 bits per heavy atom. The second-order valence-electron chi connectivity index (χ2n) is 5.79. The van der Waals surface area contributed by atoms with Crippen LogP contribution < -0.4 is 4.90 Å². The molecule has 144 valence electrons. The lowest BCUT2D eigenvalue weighted by atomic mass is 9.95. The van der Waals surface area contributed by atoms with Crippen molar-refractivity contribution in [2.45, 2.75) is 31.8 Å². The van der Waals surface area contributed by atoms with Gasteiger partial charge in [-0.2, -0.15) is 31.3 Å². The highest BCUT2D eigenvalue weighted by atomic mass is 32.2. The van der Waals surface area contributed by atoms with Gasteiger partial charge in [0.05, 0.1) is 5.75 Å². The number of alkyl halides is 6. The number of aryl methyl sites for hydroxylation is 2. The van der Waals surface area contributed by atoms with E-state index >= 15 is 0 Å². The summed E-state index contributed by atoms with van der Waals surface area (Å²) in [7, 11) is 1.51. The fourth-order valence-corrected chi connectivity index (χ4v) is 3.37. The molecule has 0 spiro atoms. The minimum absolute atomic E-state index is 0.0998. The summed E-state index contributed by atoms with van der Waals surface area (Å²) in [6, 6.07) is 1.33. The number of halogens is 6. The van der Waals surface area contributed by atoms with Crippen LogP contribution in [0.4, 0.5) is 32.0 Å². The zero-order valence-corrected chi connectivity index (χ0v) is 14.6. The molecule has 1 heterocycles. The Labute approximate surface area is 148 Å². The third-order valence-corrected chi connectivity index (χ3v) is 4.83. The molecule has 4 nitrogen and oxygen atoms in total. The first-order chi connectivity index (χ1) is 11.7. The van der Waals surface area contributed by atoms with Crippen LogP contribution >= 0.6 is 11.8 Å². The van der Waals surface area contributed by atoms with Crippen molar-refractivity contribution >= 4 is 28.5 Å². The van der Waals surface area contributed by atoms with Crippen LogP contribution in [-0.2, 0) is 10.7 Å². The zero-order chi connectivity index (χ0) is 20.1. The summed E-state index contributed by atoms with van der Waals surface area (Å²) >= 11 is 1.12. The van der Waals surface area contributed by atoms with Crippen molar-refractivity contribution in [3.63, 3.8) is 0 Å². The average Bonchev–Trinajstić information content (AvgIpc) is 2.91. The largest absolute Gasteiger partial charge is 0.455 e. The summed E-state index contributed by atoms with van der Waals surface area (Å²) in [4.78, 5) is 16.4. The van der Waals surface area contributed by atoms with Crippen LogP contribution in [0.1, 0.15) is 16.7 Å². The third kappa shape index (κ3) is 3.29. The van der Waals surface area contributed by atoms with E-state index in [1.165, 1.54) is 25.8 Å². The SMILES string of the molecule is Cc1cc(C(F)(F)C(O)(F)C(F)(F)F)cc(C)c1N(C)C1=NC(=O)CS1. The number of benzene rings is 1. The lowest BCUT2D eigenvalue weighted by Gasteiger charge is -2.31. The van der Waals surface area contributed by atoms with Gasteiger partial charge >= 0.3 is 18.0 Å². The van der Waals surface area contributed by atoms with E-state index in [9.17, 15) is 31.1 Å². The molecule has 1 aromatic carbocycles. The standard InChI is InChI=1S/C15H14F6N2O2S/c1-7-4-9(13(16,17)14(18,25)15(19,20)21)5-8(2)11(7)23(3)12-22-10(24)6-26-12/h4-5,25H,6H2,1-3H3. The molecule has 2 rings (SSSR count). The molecule has 26 heavy (non-hydrogen) atoms. The smallest absolute Gasteiger partial charge is 0.350 e. The molecule has 1 aliphatic heterocycles. The maximum atomic E-state index is 14.0. The molecule has 1 aliphatic rings. The number of amides is 1. The summed E-state index contributed by atoms with van der Waals surface area (Å²) in [5, 5.41) is 9.09. The first-order valence-electron chi connectivity index (χ1n) is 7.15. The number of hydrogen-bond acceptors (Lipinski definition) is 4. The van der Waals surface area contributed by atoms with Crippen LogP contribution in [0.25, 0.3) is 0 Å². The van der Waals surface area contributed by atoms with E-state index in [2.05, 4.69) is 4.99 Å². The lowest BCUT2D eigenvalue weighted by molar-refractivity contribution is -0.390. The van der Waals surface area contributed by atoms with Crippen molar-refractivity contribution in [3.8, 4) is 0 Å². The number of thioether (sulfide) groups is 1. The second-order valence-corrected chi connectivity index (χ2v) is 6.73. The van der Waals surface area contributed by atoms with Crippen molar-refractivity contribution in [3.05, 3.63) is 28.8 Å². The van der Waals surface area contributed by atoms with Gasteiger partial charge in [-0.05, 0) is 37.1 Å². The molecule has 0 fully saturated rings. The fraction of sp³-hybridized carbons (Fsp3) is 0.467. The average molecular weight is 400 g/mol. The van der Waals surface area contributed by atoms with Gasteiger partial charge in [-0.3, -0.25) is 4.79 Å². The number of aliphatic hydroxyl groups is 1. The molecule has 0 saturated heterocycles. The van der Waals surface area contributed by atoms with Crippen LogP contribution in [0.15, 0.2) is 17.1 Å². The minimum Gasteiger partial charge on any atom is -0.350 e. The summed E-state index contributed by atoms with van der Waals surface area (Å²) in [5.41, 5.74) is -0.783. The van der Waals surface area contributed by atoms with Gasteiger partial charge in [-0.15, -0.1) is 0 Å². The van der Waals surface area contributed by atoms with Crippen molar-refractivity contribution in [1.29, 1.82) is 0 Å². The highest BCUT2D eigenvalue weighted by Gasteiger charge is 2.71. The van der Waals surface area contributed by atoms with Crippen molar-refractivity contribution in [1.82, 2.24) is 0 Å². The van der Waals surface area contributed by atoms with E-state index in [1.54, 1.807) is 0 Å². The first-order valence-corrected chi connectivity index (χ1v) is 8.14. The maximum absolute atomic E-state index is 14.0. The number of carbonyl (C=O) groups excluding carboxylic acids is 1. The van der Waals surface area contributed by atoms with Gasteiger partial charge in [0.1, 0.15) is 0 Å². The third-order valence-electron chi connectivity index (χ3n) is 3.81. The predicted molar refractivity (Wildman–Crippen MR) is 85.2 cm³/mol. The fourth-order valence-electron chi connectivity index (χ4n) is 2.60. The van der Waals surface area contributed by atoms with Gasteiger partial charge in [0.25, 0.3) is 5.91 Å². The number of anilines is 1. The molecule has 1 amide bonds. The highest BCUT2D eigenvalue weighted by Crippen LogP contribution is 2.50. The number of nitrogens with zero attached hydrogens (tertiary/aromatic N) is 2. The summed E-state index contributed by atoms with van der Waals surface area (Å²) < 4.78 is 79.1. The van der Waals surface area contributed by atoms with Gasteiger partial charge in [0.2, 0.25) is 0 Å². The number of carbonyl (C=O) groups is 1. The molecule has 0 bridgehead atoms. The van der Waals surface area contributed by atoms with E-state index < -0.39 is 23.5 Å². The Hall–Kier alpha value is -1.75. The van der Waals surface area contributed by atoms with E-state index in [0.717, 1.165) is 11.8 Å². The quantitative estimate of drug-likeness (QED) is 0.787. The van der Waals surface area contributed by atoms with Crippen LogP contribution in [0.2, 0.25) is 0 Å². The summed E-state index contributed by atoms with van der Waals surface area (Å²) in [6.07, 6.45) is -6.18. The monoisotopic (exact) mass is 400 g/mol. The van der Waals surface area contributed by atoms with E-state index in [0.29, 0.717) is 23.0 Å². The Morgan fingerprint density at radius 3 is 2.00 bits per heavy atom. The van der Waals surface area contributed by atoms with Crippen LogP contribution in [0.3, 0.4) is 0 Å². The van der Waals surface area contributed by atoms with Crippen LogP contribution in [0.5, 0.6) is 0 Å². The molecule has 0 saturated carbocycles. The van der Waals surface area contributed by atoms with Crippen LogP contribution in [0, 0.1) is 13.8 Å². The minimum atomic E-state index is -6.18. The van der Waals surface area contributed by atoms with Gasteiger partial charge in [0, 0.05) is 18.3 Å². The Kier molecular flexibility index (Phi) is 5.10. The molecule has 0 aromatic heterocycles. The molecule has 1 aromatic rings. The first kappa shape index (κ1) is 20.6. The van der Waals surface area contributed by atoms with Gasteiger partial charge in [0.15, 0.2) is 5.17 Å². The van der Waals surface area contributed by atoms with Gasteiger partial charge in [-0.25, -0.2) is 0 Å². The molecular formula is C15H14F6N2O2S. The molecule has 1 unspecified atom stereocenters. The number of amidine groups is 1. The number of rotatable bonds is 3. The lowest BCUT2D eigenvalue weighted by Crippen LogP contribution is -2.53. The Balaban J connectivity index is 2.50. The predicted octanol–water partition coefficient (Wildman–Crippen LogP) is 3.68. The molecule has 11 heteroatoms. The topological polar surface area (TPSA) is 52.9 Å². The molecular weight excluding hydrogens is 386 g/mol. The summed E-state index contributed by atoms with van der Waals surface area (Å²) in [6.45, 7) is 2.68. The van der Waals surface area contributed by atoms with E-state index in [1.807, 2.05) is 0 Å². The second kappa shape index (κ2) is 6.45. The Morgan fingerprint density at radius 2 is 1.62 bits per heavy atom. The zero-order valence-electron chi connectivity index (χ0n) is 13.8. The van der Waals surface area contributed by atoms with E-state index in [-0.39, 0.29) is 22.8 Å². The summed E-state index contributed by atoms with van der Waals surface area (Å²) in [5.74, 6) is -11.2. The van der Waals surface area contributed by atoms with Gasteiger partial charge in [-0.1, -0.05) is 11.8 Å². The normalized spacial score (nSPS) is 17.9. The van der Waals surface area contributed by atoms with Crippen molar-refractivity contribution in [2.24, 2.45) is 4.99 Å². The maximum Gasteiger partial charge on any atom is 0.455 e. The van der Waals surface area contributed by atoms with Crippen molar-refractivity contribution < 1.29 is 36.2 Å². The van der Waals surface area contributed by atoms with E-state index in [4.69, 9.17) is 5.11 Å². The molecule has 0 aliphatic carbocycles. The highest BCUT2D eigenvalue weighted by molar-refractivity contribution is 8.15. The van der Waals surface area contributed by atoms with Gasteiger partial charge < -0.3 is 10.0 Å². The molecule has 0 radical (unpaired) electrons.